The predicted molar refractivity (Wildman–Crippen MR) is 52.7 cm³/mol. The van der Waals surface area contributed by atoms with Crippen LogP contribution in [0.4, 0.5) is 4.79 Å². The van der Waals surface area contributed by atoms with Crippen LogP contribution >= 0.6 is 0 Å². The smallest absolute Gasteiger partial charge is 0.315 e. The average Bonchev–Trinajstić information content (AvgIpc) is 2.04. The number of hydrogen-bond acceptors (Lipinski definition) is 2. The summed E-state index contributed by atoms with van der Waals surface area (Å²) < 4.78 is 0. The van der Waals surface area contributed by atoms with Crippen molar-refractivity contribution in [3.05, 3.63) is 0 Å². The first-order chi connectivity index (χ1) is 6.18. The molecule has 0 aromatic carbocycles. The van der Waals surface area contributed by atoms with Gasteiger partial charge in [-0.3, -0.25) is 0 Å². The summed E-state index contributed by atoms with van der Waals surface area (Å²) in [6, 6.07) is 0.452. The van der Waals surface area contributed by atoms with Crippen LogP contribution in [0.25, 0.3) is 0 Å². The zero-order valence-corrected chi connectivity index (χ0v) is 8.39. The minimum Gasteiger partial charge on any atom is -0.336 e. The number of rotatable bonds is 2. The quantitative estimate of drug-likeness (QED) is 0.585. The molecule has 0 radical (unpaired) electrons. The van der Waals surface area contributed by atoms with Crippen molar-refractivity contribution in [1.82, 2.24) is 16.0 Å². The molecule has 1 atom stereocenters. The summed E-state index contributed by atoms with van der Waals surface area (Å²) in [4.78, 5) is 11.3. The largest absolute Gasteiger partial charge is 0.336 e. The monoisotopic (exact) mass is 185 g/mol. The third-order valence-electron chi connectivity index (χ3n) is 2.05. The highest BCUT2D eigenvalue weighted by Crippen LogP contribution is 2.00. The number of urea groups is 1. The highest BCUT2D eigenvalue weighted by atomic mass is 16.2. The number of nitrogens with one attached hydrogen (secondary N) is 3. The Morgan fingerprint density at radius 1 is 1.54 bits per heavy atom. The molecule has 0 bridgehead atoms. The van der Waals surface area contributed by atoms with Crippen LogP contribution in [-0.2, 0) is 0 Å². The van der Waals surface area contributed by atoms with E-state index in [9.17, 15) is 4.79 Å². The number of piperidine rings is 1. The fourth-order valence-corrected chi connectivity index (χ4v) is 1.46. The Kier molecular flexibility index (Phi) is 4.02. The first-order valence-corrected chi connectivity index (χ1v) is 4.96. The molecular weight excluding hydrogens is 166 g/mol. The third-order valence-corrected chi connectivity index (χ3v) is 2.05. The first-order valence-electron chi connectivity index (χ1n) is 4.96. The Labute approximate surface area is 79.5 Å². The maximum Gasteiger partial charge on any atom is 0.315 e. The number of amides is 2. The van der Waals surface area contributed by atoms with Gasteiger partial charge in [0.25, 0.3) is 0 Å². The van der Waals surface area contributed by atoms with Crippen molar-refractivity contribution in [3.63, 3.8) is 0 Å². The molecule has 0 aliphatic carbocycles. The van der Waals surface area contributed by atoms with Crippen molar-refractivity contribution in [1.29, 1.82) is 0 Å². The van der Waals surface area contributed by atoms with Crippen molar-refractivity contribution < 1.29 is 4.79 Å². The van der Waals surface area contributed by atoms with Crippen LogP contribution in [0.2, 0.25) is 0 Å². The van der Waals surface area contributed by atoms with E-state index in [-0.39, 0.29) is 12.1 Å². The second-order valence-electron chi connectivity index (χ2n) is 3.82. The molecule has 1 aliphatic heterocycles. The molecule has 2 amide bonds. The SMILES string of the molecule is CC(C)NC(=O)N[C@@H]1CCCNC1. The molecule has 1 aliphatic rings. The lowest BCUT2D eigenvalue weighted by molar-refractivity contribution is 0.231. The van der Waals surface area contributed by atoms with Crippen LogP contribution in [0.5, 0.6) is 0 Å². The molecule has 3 N–H and O–H groups in total. The maximum atomic E-state index is 11.3. The molecule has 4 nitrogen and oxygen atoms in total. The Morgan fingerprint density at radius 3 is 2.85 bits per heavy atom. The summed E-state index contributed by atoms with van der Waals surface area (Å²) >= 11 is 0. The average molecular weight is 185 g/mol. The standard InChI is InChI=1S/C9H19N3O/c1-7(2)11-9(13)12-8-4-3-5-10-6-8/h7-8,10H,3-6H2,1-2H3,(H2,11,12,13)/t8-/m1/s1. The van der Waals surface area contributed by atoms with E-state index >= 15 is 0 Å². The van der Waals surface area contributed by atoms with E-state index < -0.39 is 0 Å². The van der Waals surface area contributed by atoms with Crippen LogP contribution in [0, 0.1) is 0 Å². The predicted octanol–water partition coefficient (Wildman–Crippen LogP) is 0.446. The zero-order chi connectivity index (χ0) is 9.68. The van der Waals surface area contributed by atoms with Crippen LogP contribution in [0.3, 0.4) is 0 Å². The molecule has 1 heterocycles. The maximum absolute atomic E-state index is 11.3. The van der Waals surface area contributed by atoms with Crippen molar-refractivity contribution in [2.75, 3.05) is 13.1 Å². The molecule has 0 aromatic rings. The van der Waals surface area contributed by atoms with Gasteiger partial charge in [-0.25, -0.2) is 4.79 Å². The van der Waals surface area contributed by atoms with E-state index in [0.717, 1.165) is 25.9 Å². The van der Waals surface area contributed by atoms with E-state index in [1.165, 1.54) is 0 Å². The van der Waals surface area contributed by atoms with E-state index in [0.29, 0.717) is 6.04 Å². The van der Waals surface area contributed by atoms with Gasteiger partial charge in [-0.1, -0.05) is 0 Å². The number of hydrogen-bond donors (Lipinski definition) is 3. The Bertz CT molecular complexity index is 164. The van der Waals surface area contributed by atoms with Gasteiger partial charge in [-0.2, -0.15) is 0 Å². The van der Waals surface area contributed by atoms with Crippen molar-refractivity contribution in [2.45, 2.75) is 38.8 Å². The van der Waals surface area contributed by atoms with Gasteiger partial charge in [-0.05, 0) is 33.2 Å². The van der Waals surface area contributed by atoms with E-state index in [2.05, 4.69) is 16.0 Å². The summed E-state index contributed by atoms with van der Waals surface area (Å²) in [7, 11) is 0. The molecule has 1 saturated heterocycles. The molecule has 13 heavy (non-hydrogen) atoms. The summed E-state index contributed by atoms with van der Waals surface area (Å²) in [5.74, 6) is 0. The third kappa shape index (κ3) is 4.12. The highest BCUT2D eigenvalue weighted by molar-refractivity contribution is 5.74. The van der Waals surface area contributed by atoms with E-state index in [1.807, 2.05) is 13.8 Å². The van der Waals surface area contributed by atoms with Crippen molar-refractivity contribution in [2.24, 2.45) is 0 Å². The second-order valence-corrected chi connectivity index (χ2v) is 3.82. The molecule has 0 unspecified atom stereocenters. The van der Waals surface area contributed by atoms with Gasteiger partial charge >= 0.3 is 6.03 Å². The van der Waals surface area contributed by atoms with Crippen LogP contribution in [-0.4, -0.2) is 31.2 Å². The fraction of sp³-hybridized carbons (Fsp3) is 0.889. The first kappa shape index (κ1) is 10.3. The molecule has 4 heteroatoms. The van der Waals surface area contributed by atoms with E-state index in [4.69, 9.17) is 0 Å². The molecule has 0 saturated carbocycles. The van der Waals surface area contributed by atoms with Gasteiger partial charge in [0.1, 0.15) is 0 Å². The van der Waals surface area contributed by atoms with Gasteiger partial charge in [0, 0.05) is 18.6 Å². The Balaban J connectivity index is 2.18. The Morgan fingerprint density at radius 2 is 2.31 bits per heavy atom. The minimum atomic E-state index is -0.0521. The minimum absolute atomic E-state index is 0.0521. The fourth-order valence-electron chi connectivity index (χ4n) is 1.46. The summed E-state index contributed by atoms with van der Waals surface area (Å²) in [5.41, 5.74) is 0. The summed E-state index contributed by atoms with van der Waals surface area (Å²) in [6.07, 6.45) is 2.23. The van der Waals surface area contributed by atoms with Crippen LogP contribution < -0.4 is 16.0 Å². The van der Waals surface area contributed by atoms with Gasteiger partial charge in [0.05, 0.1) is 0 Å². The normalized spacial score (nSPS) is 22.8. The van der Waals surface area contributed by atoms with Crippen molar-refractivity contribution >= 4 is 6.03 Å². The lowest BCUT2D eigenvalue weighted by Crippen LogP contribution is -2.50. The number of carbonyl (C=O) groups is 1. The van der Waals surface area contributed by atoms with Gasteiger partial charge in [-0.15, -0.1) is 0 Å². The van der Waals surface area contributed by atoms with Gasteiger partial charge in [0.2, 0.25) is 0 Å². The van der Waals surface area contributed by atoms with Gasteiger partial charge in [0.15, 0.2) is 0 Å². The van der Waals surface area contributed by atoms with Crippen LogP contribution in [0.1, 0.15) is 26.7 Å². The van der Waals surface area contributed by atoms with Crippen LogP contribution in [0.15, 0.2) is 0 Å². The molecule has 0 spiro atoms. The molecular formula is C9H19N3O. The molecule has 1 fully saturated rings. The lowest BCUT2D eigenvalue weighted by Gasteiger charge is -2.24. The van der Waals surface area contributed by atoms with E-state index in [1.54, 1.807) is 0 Å². The highest BCUT2D eigenvalue weighted by Gasteiger charge is 2.14. The Hall–Kier alpha value is -0.770. The van der Waals surface area contributed by atoms with Gasteiger partial charge < -0.3 is 16.0 Å². The molecule has 1 rings (SSSR count). The lowest BCUT2D eigenvalue weighted by atomic mass is 10.1. The second kappa shape index (κ2) is 5.07. The summed E-state index contributed by atoms with van der Waals surface area (Å²) in [5, 5.41) is 9.00. The van der Waals surface area contributed by atoms with Crippen molar-refractivity contribution in [3.8, 4) is 0 Å². The topological polar surface area (TPSA) is 53.2 Å². The zero-order valence-electron chi connectivity index (χ0n) is 8.39. The molecule has 76 valence electrons. The summed E-state index contributed by atoms with van der Waals surface area (Å²) in [6.45, 7) is 5.88. The number of carbonyl (C=O) groups excluding carboxylic acids is 1. The molecule has 0 aromatic heterocycles.